The van der Waals surface area contributed by atoms with Crippen LogP contribution in [0.15, 0.2) is 12.1 Å². The highest BCUT2D eigenvalue weighted by molar-refractivity contribution is 6.32. The monoisotopic (exact) mass is 278 g/mol. The topological polar surface area (TPSA) is 103 Å². The molecule has 2 aromatic heterocycles. The number of aromatic nitrogens is 3. The van der Waals surface area contributed by atoms with Crippen LogP contribution in [0.3, 0.4) is 0 Å². The Hall–Kier alpha value is -2.08. The zero-order chi connectivity index (χ0) is 14.0. The Morgan fingerprint density at radius 2 is 1.89 bits per heavy atom. The van der Waals surface area contributed by atoms with Gasteiger partial charge in [-0.1, -0.05) is 17.7 Å². The lowest BCUT2D eigenvalue weighted by Gasteiger charge is -2.10. The maximum Gasteiger partial charge on any atom is 0.223 e. The molecule has 0 fully saturated rings. The van der Waals surface area contributed by atoms with E-state index in [1.807, 2.05) is 26.0 Å². The van der Waals surface area contributed by atoms with E-state index >= 15 is 0 Å². The van der Waals surface area contributed by atoms with Crippen molar-refractivity contribution in [1.29, 1.82) is 0 Å². The molecule has 100 valence electrons. The van der Waals surface area contributed by atoms with E-state index in [-0.39, 0.29) is 16.8 Å². The number of nitrogens with two attached hydrogens (primary N) is 2. The first kappa shape index (κ1) is 13.4. The van der Waals surface area contributed by atoms with E-state index < -0.39 is 0 Å². The third-order valence-electron chi connectivity index (χ3n) is 2.76. The fraction of sp³-hybridized carbons (Fsp3) is 0.250. The molecule has 0 radical (unpaired) electrons. The number of rotatable bonds is 3. The van der Waals surface area contributed by atoms with E-state index in [4.69, 9.17) is 23.1 Å². The quantitative estimate of drug-likeness (QED) is 0.741. The van der Waals surface area contributed by atoms with Gasteiger partial charge in [0, 0.05) is 5.69 Å². The largest absolute Gasteiger partial charge is 0.393 e. The van der Waals surface area contributed by atoms with Crippen molar-refractivity contribution < 1.29 is 0 Å². The number of aryl methyl sites for hydroxylation is 2. The number of nitrogens with zero attached hydrogens (tertiary/aromatic N) is 3. The highest BCUT2D eigenvalue weighted by Gasteiger charge is 2.08. The molecule has 0 aromatic carbocycles. The van der Waals surface area contributed by atoms with Crippen LogP contribution < -0.4 is 16.8 Å². The van der Waals surface area contributed by atoms with E-state index in [2.05, 4.69) is 20.3 Å². The van der Waals surface area contributed by atoms with Gasteiger partial charge in [0.05, 0.1) is 12.2 Å². The summed E-state index contributed by atoms with van der Waals surface area (Å²) in [6.07, 6.45) is 0. The van der Waals surface area contributed by atoms with Crippen molar-refractivity contribution in [3.05, 3.63) is 34.2 Å². The fourth-order valence-electron chi connectivity index (χ4n) is 1.55. The smallest absolute Gasteiger partial charge is 0.223 e. The summed E-state index contributed by atoms with van der Waals surface area (Å²) in [4.78, 5) is 12.2. The average Bonchev–Trinajstić information content (AvgIpc) is 2.36. The Bertz CT molecular complexity index is 613. The minimum absolute atomic E-state index is 0.0785. The second-order valence-corrected chi connectivity index (χ2v) is 4.55. The van der Waals surface area contributed by atoms with E-state index in [0.29, 0.717) is 12.4 Å². The molecule has 5 N–H and O–H groups in total. The molecule has 0 aliphatic rings. The predicted molar refractivity (Wildman–Crippen MR) is 76.9 cm³/mol. The summed E-state index contributed by atoms with van der Waals surface area (Å²) in [5, 5.41) is 3.20. The predicted octanol–water partition coefficient (Wildman–Crippen LogP) is 1.92. The molecule has 0 aliphatic carbocycles. The minimum atomic E-state index is 0.0785. The normalized spacial score (nSPS) is 10.5. The zero-order valence-corrected chi connectivity index (χ0v) is 11.5. The summed E-state index contributed by atoms with van der Waals surface area (Å²) >= 11 is 5.84. The molecule has 0 bridgehead atoms. The number of pyridine rings is 1. The van der Waals surface area contributed by atoms with Crippen LogP contribution in [0.5, 0.6) is 0 Å². The molecule has 0 amide bonds. The van der Waals surface area contributed by atoms with Crippen LogP contribution in [0.4, 0.5) is 17.5 Å². The first-order valence-corrected chi connectivity index (χ1v) is 6.10. The number of hydrogen-bond donors (Lipinski definition) is 3. The van der Waals surface area contributed by atoms with Crippen molar-refractivity contribution in [3.63, 3.8) is 0 Å². The van der Waals surface area contributed by atoms with E-state index in [9.17, 15) is 0 Å². The number of nitrogen functional groups attached to an aromatic ring is 2. The van der Waals surface area contributed by atoms with Crippen molar-refractivity contribution in [2.75, 3.05) is 16.8 Å². The van der Waals surface area contributed by atoms with Gasteiger partial charge in [0.25, 0.3) is 0 Å². The van der Waals surface area contributed by atoms with Gasteiger partial charge in [-0.3, -0.25) is 4.98 Å². The molecule has 2 rings (SSSR count). The second-order valence-electron chi connectivity index (χ2n) is 4.19. The van der Waals surface area contributed by atoms with Gasteiger partial charge in [0.2, 0.25) is 5.95 Å². The van der Waals surface area contributed by atoms with Crippen molar-refractivity contribution in [1.82, 2.24) is 15.0 Å². The van der Waals surface area contributed by atoms with Gasteiger partial charge in [-0.05, 0) is 25.5 Å². The molecular formula is C12H15ClN6. The van der Waals surface area contributed by atoms with Crippen LogP contribution in [-0.2, 0) is 6.54 Å². The molecule has 19 heavy (non-hydrogen) atoms. The Labute approximate surface area is 116 Å². The Balaban J connectivity index is 2.16. The first-order valence-electron chi connectivity index (χ1n) is 5.73. The van der Waals surface area contributed by atoms with Crippen molar-refractivity contribution in [3.8, 4) is 0 Å². The van der Waals surface area contributed by atoms with Gasteiger partial charge >= 0.3 is 0 Å². The summed E-state index contributed by atoms with van der Waals surface area (Å²) in [6, 6.07) is 3.96. The molecule has 0 aliphatic heterocycles. The van der Waals surface area contributed by atoms with Crippen LogP contribution >= 0.6 is 11.6 Å². The number of halogens is 1. The van der Waals surface area contributed by atoms with Gasteiger partial charge in [0.1, 0.15) is 5.69 Å². The van der Waals surface area contributed by atoms with E-state index in [0.717, 1.165) is 17.0 Å². The lowest BCUT2D eigenvalue weighted by molar-refractivity contribution is 0.989. The summed E-state index contributed by atoms with van der Waals surface area (Å²) in [5.41, 5.74) is 14.6. The van der Waals surface area contributed by atoms with Gasteiger partial charge in [-0.2, -0.15) is 9.97 Å². The number of hydrogen-bond acceptors (Lipinski definition) is 6. The summed E-state index contributed by atoms with van der Waals surface area (Å²) in [5.74, 6) is 0.493. The van der Waals surface area contributed by atoms with E-state index in [1.54, 1.807) is 0 Å². The maximum absolute atomic E-state index is 5.84. The molecule has 0 atom stereocenters. The van der Waals surface area contributed by atoms with Crippen LogP contribution in [0.25, 0.3) is 0 Å². The Morgan fingerprint density at radius 3 is 2.58 bits per heavy atom. The van der Waals surface area contributed by atoms with Crippen LogP contribution in [-0.4, -0.2) is 15.0 Å². The number of anilines is 3. The van der Waals surface area contributed by atoms with Crippen LogP contribution in [0.1, 0.15) is 17.0 Å². The molecule has 0 saturated carbocycles. The number of nitrogens with one attached hydrogen (secondary N) is 1. The van der Waals surface area contributed by atoms with Gasteiger partial charge < -0.3 is 16.8 Å². The molecule has 2 aromatic rings. The van der Waals surface area contributed by atoms with Gasteiger partial charge in [0.15, 0.2) is 11.0 Å². The maximum atomic E-state index is 5.84. The van der Waals surface area contributed by atoms with Crippen LogP contribution in [0.2, 0.25) is 5.15 Å². The molecule has 6 nitrogen and oxygen atoms in total. The summed E-state index contributed by atoms with van der Waals surface area (Å²) < 4.78 is 0. The fourth-order valence-corrected chi connectivity index (χ4v) is 1.72. The average molecular weight is 279 g/mol. The molecule has 0 unspecified atom stereocenters. The molecule has 0 saturated heterocycles. The highest BCUT2D eigenvalue weighted by atomic mass is 35.5. The first-order chi connectivity index (χ1) is 8.97. The molecule has 7 heteroatoms. The zero-order valence-electron chi connectivity index (χ0n) is 10.7. The van der Waals surface area contributed by atoms with Crippen molar-refractivity contribution in [2.45, 2.75) is 20.4 Å². The Kier molecular flexibility index (Phi) is 3.71. The minimum Gasteiger partial charge on any atom is -0.393 e. The lowest BCUT2D eigenvalue weighted by atomic mass is 10.2. The standard InChI is InChI=1S/C12H15ClN6/c1-6-3-4-8(17-7(6)2)5-16-11-9(14)10(13)18-12(15)19-11/h3-4H,5,14H2,1-2H3,(H3,15,16,18,19). The SMILES string of the molecule is Cc1ccc(CNc2nc(N)nc(Cl)c2N)nc1C. The molecule has 2 heterocycles. The molecule has 0 spiro atoms. The van der Waals surface area contributed by atoms with Crippen molar-refractivity contribution >= 4 is 29.1 Å². The van der Waals surface area contributed by atoms with Gasteiger partial charge in [-0.15, -0.1) is 0 Å². The lowest BCUT2D eigenvalue weighted by Crippen LogP contribution is -2.09. The summed E-state index contributed by atoms with van der Waals surface area (Å²) in [6.45, 7) is 4.47. The second kappa shape index (κ2) is 5.27. The van der Waals surface area contributed by atoms with E-state index in [1.165, 1.54) is 0 Å². The summed E-state index contributed by atoms with van der Waals surface area (Å²) in [7, 11) is 0. The Morgan fingerprint density at radius 1 is 1.16 bits per heavy atom. The van der Waals surface area contributed by atoms with Gasteiger partial charge in [-0.25, -0.2) is 0 Å². The third-order valence-corrected chi connectivity index (χ3v) is 3.05. The highest BCUT2D eigenvalue weighted by Crippen LogP contribution is 2.24. The van der Waals surface area contributed by atoms with Crippen molar-refractivity contribution in [2.24, 2.45) is 0 Å². The van der Waals surface area contributed by atoms with Crippen LogP contribution in [0, 0.1) is 13.8 Å². The third kappa shape index (κ3) is 3.03. The molecular weight excluding hydrogens is 264 g/mol.